The molecule has 0 rings (SSSR count). The molecule has 0 aliphatic carbocycles. The molecule has 0 aliphatic heterocycles. The van der Waals surface area contributed by atoms with E-state index >= 15 is 0 Å². The molecule has 0 bridgehead atoms. The van der Waals surface area contributed by atoms with Crippen molar-refractivity contribution in [1.82, 2.24) is 4.72 Å². The van der Waals surface area contributed by atoms with Crippen molar-refractivity contribution in [3.05, 3.63) is 0 Å². The highest BCUT2D eigenvalue weighted by Crippen LogP contribution is 1.94. The van der Waals surface area contributed by atoms with Crippen LogP contribution in [0.1, 0.15) is 32.6 Å². The van der Waals surface area contributed by atoms with Crippen molar-refractivity contribution in [3.8, 4) is 0 Å². The third kappa shape index (κ3) is 8.21. The Morgan fingerprint density at radius 1 is 1.23 bits per heavy atom. The van der Waals surface area contributed by atoms with Crippen LogP contribution in [0.2, 0.25) is 0 Å². The van der Waals surface area contributed by atoms with Crippen molar-refractivity contribution in [1.29, 1.82) is 0 Å². The van der Waals surface area contributed by atoms with Crippen molar-refractivity contribution >= 4 is 10.0 Å². The van der Waals surface area contributed by atoms with E-state index in [1.165, 1.54) is 0 Å². The van der Waals surface area contributed by atoms with E-state index in [1.807, 2.05) is 6.92 Å². The molecule has 0 aliphatic rings. The fourth-order valence-electron chi connectivity index (χ4n) is 0.881. The fourth-order valence-corrected chi connectivity index (χ4v) is 2.06. The average molecular weight is 209 g/mol. The van der Waals surface area contributed by atoms with Crippen molar-refractivity contribution in [3.63, 3.8) is 0 Å². The molecule has 0 aromatic carbocycles. The lowest BCUT2D eigenvalue weighted by molar-refractivity contribution is 0.287. The summed E-state index contributed by atoms with van der Waals surface area (Å²) in [6.45, 7) is 2.60. The third-order valence-electron chi connectivity index (χ3n) is 1.67. The molecule has 0 unspecified atom stereocenters. The van der Waals surface area contributed by atoms with Crippen LogP contribution in [0.5, 0.6) is 0 Å². The summed E-state index contributed by atoms with van der Waals surface area (Å²) in [4.78, 5) is 0. The minimum atomic E-state index is -3.09. The van der Waals surface area contributed by atoms with Crippen molar-refractivity contribution in [2.24, 2.45) is 0 Å². The Morgan fingerprint density at radius 2 is 1.92 bits per heavy atom. The monoisotopic (exact) mass is 209 g/mol. The van der Waals surface area contributed by atoms with Gasteiger partial charge in [-0.3, -0.25) is 0 Å². The Bertz CT molecular complexity index is 185. The van der Waals surface area contributed by atoms with E-state index in [0.29, 0.717) is 19.4 Å². The number of hydrogen-bond donors (Lipinski definition) is 2. The van der Waals surface area contributed by atoms with Gasteiger partial charge in [0.05, 0.1) is 5.75 Å². The van der Waals surface area contributed by atoms with E-state index in [2.05, 4.69) is 4.72 Å². The number of rotatable bonds is 8. The Morgan fingerprint density at radius 3 is 2.46 bits per heavy atom. The largest absolute Gasteiger partial charge is 0.396 e. The maximum Gasteiger partial charge on any atom is 0.211 e. The molecule has 0 aromatic heterocycles. The average Bonchev–Trinajstić information content (AvgIpc) is 2.05. The van der Waals surface area contributed by atoms with Gasteiger partial charge in [0.2, 0.25) is 10.0 Å². The van der Waals surface area contributed by atoms with Crippen LogP contribution < -0.4 is 4.72 Å². The van der Waals surface area contributed by atoms with Crippen LogP contribution in [0.4, 0.5) is 0 Å². The minimum Gasteiger partial charge on any atom is -0.396 e. The molecule has 0 atom stereocenters. The van der Waals surface area contributed by atoms with E-state index in [0.717, 1.165) is 12.8 Å². The summed E-state index contributed by atoms with van der Waals surface area (Å²) in [6.07, 6.45) is 2.94. The molecule has 13 heavy (non-hydrogen) atoms. The molecule has 0 aromatic rings. The maximum atomic E-state index is 11.2. The van der Waals surface area contributed by atoms with Gasteiger partial charge in [-0.1, -0.05) is 13.3 Å². The standard InChI is InChI=1S/C8H19NO3S/c1-2-3-6-9-13(11,12)8-5-4-7-10/h9-10H,2-8H2,1H3. The van der Waals surface area contributed by atoms with Crippen LogP contribution >= 0.6 is 0 Å². The second kappa shape index (κ2) is 7.29. The molecule has 2 N–H and O–H groups in total. The molecule has 0 heterocycles. The van der Waals surface area contributed by atoms with E-state index < -0.39 is 10.0 Å². The summed E-state index contributed by atoms with van der Waals surface area (Å²) in [7, 11) is -3.09. The molecule has 0 amide bonds. The lowest BCUT2D eigenvalue weighted by Gasteiger charge is -2.04. The van der Waals surface area contributed by atoms with Crippen LogP contribution in [0, 0.1) is 0 Å². The van der Waals surface area contributed by atoms with Gasteiger partial charge in [-0.05, 0) is 19.3 Å². The first kappa shape index (κ1) is 12.9. The topological polar surface area (TPSA) is 66.4 Å². The number of aliphatic hydroxyl groups excluding tert-OH is 1. The van der Waals surface area contributed by atoms with Crippen molar-refractivity contribution in [2.75, 3.05) is 18.9 Å². The highest BCUT2D eigenvalue weighted by atomic mass is 32.2. The number of sulfonamides is 1. The van der Waals surface area contributed by atoms with E-state index in [1.54, 1.807) is 0 Å². The van der Waals surface area contributed by atoms with Crippen molar-refractivity contribution < 1.29 is 13.5 Å². The molecule has 0 saturated heterocycles. The SMILES string of the molecule is CCCCNS(=O)(=O)CCCCO. The van der Waals surface area contributed by atoms with Crippen molar-refractivity contribution in [2.45, 2.75) is 32.6 Å². The summed E-state index contributed by atoms with van der Waals surface area (Å²) in [5, 5.41) is 8.46. The zero-order valence-corrected chi connectivity index (χ0v) is 8.94. The number of aliphatic hydroxyl groups is 1. The summed E-state index contributed by atoms with van der Waals surface area (Å²) >= 11 is 0. The van der Waals surface area contributed by atoms with Crippen LogP contribution in [0.25, 0.3) is 0 Å². The molecule has 0 spiro atoms. The molecule has 0 saturated carbocycles. The highest BCUT2D eigenvalue weighted by Gasteiger charge is 2.07. The highest BCUT2D eigenvalue weighted by molar-refractivity contribution is 7.89. The molecular weight excluding hydrogens is 190 g/mol. The van der Waals surface area contributed by atoms with Gasteiger partial charge in [0, 0.05) is 13.2 Å². The Labute approximate surface area is 80.4 Å². The Balaban J connectivity index is 3.55. The normalized spacial score (nSPS) is 11.8. The summed E-state index contributed by atoms with van der Waals surface area (Å²) in [6, 6.07) is 0. The van der Waals surface area contributed by atoms with Gasteiger partial charge < -0.3 is 5.11 Å². The molecule has 0 fully saturated rings. The van der Waals surface area contributed by atoms with Gasteiger partial charge in [-0.15, -0.1) is 0 Å². The summed E-state index contributed by atoms with van der Waals surface area (Å²) in [5.74, 6) is 0.122. The zero-order chi connectivity index (χ0) is 10.2. The predicted molar refractivity (Wildman–Crippen MR) is 53.0 cm³/mol. The van der Waals surface area contributed by atoms with Gasteiger partial charge in [-0.2, -0.15) is 0 Å². The van der Waals surface area contributed by atoms with E-state index in [-0.39, 0.29) is 12.4 Å². The number of hydrogen-bond acceptors (Lipinski definition) is 3. The first-order valence-corrected chi connectivity index (χ1v) is 6.36. The van der Waals surface area contributed by atoms with E-state index in [4.69, 9.17) is 5.11 Å². The molecular formula is C8H19NO3S. The zero-order valence-electron chi connectivity index (χ0n) is 8.12. The van der Waals surface area contributed by atoms with Gasteiger partial charge in [-0.25, -0.2) is 13.1 Å². The first-order chi connectivity index (χ1) is 6.12. The Kier molecular flexibility index (Phi) is 7.22. The fraction of sp³-hybridized carbons (Fsp3) is 1.00. The van der Waals surface area contributed by atoms with Crippen LogP contribution in [0.3, 0.4) is 0 Å². The van der Waals surface area contributed by atoms with Gasteiger partial charge in [0.1, 0.15) is 0 Å². The lowest BCUT2D eigenvalue weighted by atomic mass is 10.3. The quantitative estimate of drug-likeness (QED) is 0.571. The smallest absolute Gasteiger partial charge is 0.211 e. The van der Waals surface area contributed by atoms with E-state index in [9.17, 15) is 8.42 Å². The second-order valence-corrected chi connectivity index (χ2v) is 4.92. The van der Waals surface area contributed by atoms with Gasteiger partial charge in [0.15, 0.2) is 0 Å². The maximum absolute atomic E-state index is 11.2. The van der Waals surface area contributed by atoms with Gasteiger partial charge >= 0.3 is 0 Å². The third-order valence-corrected chi connectivity index (χ3v) is 3.14. The summed E-state index contributed by atoms with van der Waals surface area (Å²) < 4.78 is 24.9. The number of unbranched alkanes of at least 4 members (excludes halogenated alkanes) is 2. The predicted octanol–water partition coefficient (Wildman–Crippen LogP) is 0.478. The molecule has 4 nitrogen and oxygen atoms in total. The van der Waals surface area contributed by atoms with Crippen LogP contribution in [-0.2, 0) is 10.0 Å². The second-order valence-electron chi connectivity index (χ2n) is 3.00. The lowest BCUT2D eigenvalue weighted by Crippen LogP contribution is -2.27. The van der Waals surface area contributed by atoms with Crippen LogP contribution in [0.15, 0.2) is 0 Å². The summed E-state index contributed by atoms with van der Waals surface area (Å²) in [5.41, 5.74) is 0. The molecule has 0 radical (unpaired) electrons. The Hall–Kier alpha value is -0.130. The number of nitrogens with one attached hydrogen (secondary N) is 1. The minimum absolute atomic E-state index is 0.0600. The van der Waals surface area contributed by atoms with Crippen LogP contribution in [-0.4, -0.2) is 32.4 Å². The molecule has 80 valence electrons. The van der Waals surface area contributed by atoms with Gasteiger partial charge in [0.25, 0.3) is 0 Å². The molecule has 5 heteroatoms. The first-order valence-electron chi connectivity index (χ1n) is 4.70.